The predicted molar refractivity (Wildman–Crippen MR) is 90.7 cm³/mol. The number of nitrogens with zero attached hydrogens (tertiary/aromatic N) is 6. The number of hydrogen-bond acceptors (Lipinski definition) is 6. The van der Waals surface area contributed by atoms with E-state index in [4.69, 9.17) is 0 Å². The molecule has 27 heavy (non-hydrogen) atoms. The third-order valence-corrected chi connectivity index (χ3v) is 3.27. The number of aromatic nitrogens is 3. The quantitative estimate of drug-likeness (QED) is 0.580. The van der Waals surface area contributed by atoms with E-state index in [0.29, 0.717) is 10.2 Å². The van der Waals surface area contributed by atoms with Crippen LogP contribution in [0.3, 0.4) is 0 Å². The van der Waals surface area contributed by atoms with Crippen LogP contribution in [0.2, 0.25) is 0 Å². The minimum atomic E-state index is -5.16. The maximum absolute atomic E-state index is 12.7. The van der Waals surface area contributed by atoms with Gasteiger partial charge in [-0.3, -0.25) is 9.59 Å². The first-order chi connectivity index (χ1) is 12.7. The molecule has 0 spiro atoms. The van der Waals surface area contributed by atoms with Crippen molar-refractivity contribution in [3.8, 4) is 0 Å². The maximum atomic E-state index is 12.7. The molecule has 12 heteroatoms. The smallest absolute Gasteiger partial charge is 0.378 e. The molecule has 2 aromatic rings. The Balaban J connectivity index is 2.00. The van der Waals surface area contributed by atoms with Crippen LogP contribution in [0.15, 0.2) is 42.0 Å². The lowest BCUT2D eigenvalue weighted by molar-refractivity contribution is -0.172. The number of carbonyl (C=O) groups excluding carboxylic acids is 2. The predicted octanol–water partition coefficient (Wildman–Crippen LogP) is 0.521. The zero-order chi connectivity index (χ0) is 20.0. The van der Waals surface area contributed by atoms with Gasteiger partial charge in [0.25, 0.3) is 5.91 Å². The summed E-state index contributed by atoms with van der Waals surface area (Å²) in [5.41, 5.74) is 3.71. The highest BCUT2D eigenvalue weighted by molar-refractivity contribution is 5.96. The minimum absolute atomic E-state index is 0.150. The monoisotopic (exact) mass is 383 g/mol. The van der Waals surface area contributed by atoms with Crippen LogP contribution < -0.4 is 15.3 Å². The number of halogens is 3. The van der Waals surface area contributed by atoms with Crippen molar-refractivity contribution in [3.63, 3.8) is 0 Å². The zero-order valence-corrected chi connectivity index (χ0v) is 14.4. The summed E-state index contributed by atoms with van der Waals surface area (Å²) in [6.07, 6.45) is -2.10. The molecule has 1 N–H and O–H groups in total. The van der Waals surface area contributed by atoms with Crippen LogP contribution in [0.25, 0.3) is 0 Å². The summed E-state index contributed by atoms with van der Waals surface area (Å²) >= 11 is 0. The SMILES string of the molecule is CN(C)c1ccc(/C=N/NC(=O)CN(C(=O)C(F)(F)F)n2cnnc2)cc1. The largest absolute Gasteiger partial charge is 0.473 e. The van der Waals surface area contributed by atoms with Crippen LogP contribution in [0.1, 0.15) is 5.56 Å². The van der Waals surface area contributed by atoms with E-state index >= 15 is 0 Å². The summed E-state index contributed by atoms with van der Waals surface area (Å²) < 4.78 is 38.7. The molecule has 1 heterocycles. The molecule has 1 aromatic carbocycles. The highest BCUT2D eigenvalue weighted by atomic mass is 19.4. The number of alkyl halides is 3. The van der Waals surface area contributed by atoms with E-state index in [1.54, 1.807) is 12.1 Å². The van der Waals surface area contributed by atoms with Gasteiger partial charge in [0.15, 0.2) is 0 Å². The zero-order valence-electron chi connectivity index (χ0n) is 14.4. The molecular formula is C15H16F3N7O2. The number of benzene rings is 1. The number of amides is 2. The molecule has 0 aliphatic carbocycles. The Kier molecular flexibility index (Phi) is 6.11. The first-order valence-electron chi connectivity index (χ1n) is 7.51. The average molecular weight is 383 g/mol. The minimum Gasteiger partial charge on any atom is -0.378 e. The van der Waals surface area contributed by atoms with Gasteiger partial charge in [0.05, 0.1) is 6.21 Å². The maximum Gasteiger partial charge on any atom is 0.473 e. The molecule has 2 amide bonds. The number of carbonyl (C=O) groups is 2. The fourth-order valence-corrected chi connectivity index (χ4v) is 1.93. The Bertz CT molecular complexity index is 802. The van der Waals surface area contributed by atoms with Crippen molar-refractivity contribution in [2.45, 2.75) is 6.18 Å². The fourth-order valence-electron chi connectivity index (χ4n) is 1.93. The van der Waals surface area contributed by atoms with Crippen molar-refractivity contribution in [2.75, 3.05) is 30.5 Å². The Morgan fingerprint density at radius 1 is 1.19 bits per heavy atom. The standard InChI is InChI=1S/C15H16F3N7O2/c1-23(2)12-5-3-11(4-6-12)7-19-22-13(26)8-25(14(27)15(16,17)18)24-9-20-21-10-24/h3-7,9-10H,8H2,1-2H3,(H,22,26)/b19-7+. The molecule has 9 nitrogen and oxygen atoms in total. The summed E-state index contributed by atoms with van der Waals surface area (Å²) in [6, 6.07) is 7.17. The van der Waals surface area contributed by atoms with Gasteiger partial charge in [0, 0.05) is 19.8 Å². The summed E-state index contributed by atoms with van der Waals surface area (Å²) in [6.45, 7) is -0.923. The Morgan fingerprint density at radius 2 is 1.78 bits per heavy atom. The van der Waals surface area contributed by atoms with E-state index in [-0.39, 0.29) is 5.01 Å². The average Bonchev–Trinajstić information content (AvgIpc) is 3.13. The van der Waals surface area contributed by atoms with E-state index in [1.165, 1.54) is 6.21 Å². The summed E-state index contributed by atoms with van der Waals surface area (Å²) in [4.78, 5) is 25.3. The van der Waals surface area contributed by atoms with Gasteiger partial charge in [-0.15, -0.1) is 10.2 Å². The van der Waals surface area contributed by atoms with Gasteiger partial charge in [-0.25, -0.2) is 15.1 Å². The molecule has 2 rings (SSSR count). The molecule has 0 fully saturated rings. The topological polar surface area (TPSA) is 95.7 Å². The molecule has 0 unspecified atom stereocenters. The van der Waals surface area contributed by atoms with Crippen LogP contribution in [-0.4, -0.2) is 59.7 Å². The summed E-state index contributed by atoms with van der Waals surface area (Å²) in [7, 11) is 3.76. The second-order valence-electron chi connectivity index (χ2n) is 5.48. The Labute approximate surface area is 152 Å². The molecule has 1 aromatic heterocycles. The van der Waals surface area contributed by atoms with Gasteiger partial charge in [0.1, 0.15) is 19.2 Å². The number of nitrogens with one attached hydrogen (secondary N) is 1. The molecule has 0 atom stereocenters. The van der Waals surface area contributed by atoms with Crippen LogP contribution in [0.5, 0.6) is 0 Å². The highest BCUT2D eigenvalue weighted by Crippen LogP contribution is 2.17. The summed E-state index contributed by atoms with van der Waals surface area (Å²) in [5, 5.41) is 10.5. The third-order valence-electron chi connectivity index (χ3n) is 3.27. The number of rotatable bonds is 6. The number of hydrogen-bond donors (Lipinski definition) is 1. The molecule has 0 radical (unpaired) electrons. The van der Waals surface area contributed by atoms with Crippen molar-refractivity contribution < 1.29 is 22.8 Å². The van der Waals surface area contributed by atoms with Crippen LogP contribution in [0.4, 0.5) is 18.9 Å². The van der Waals surface area contributed by atoms with Crippen molar-refractivity contribution in [2.24, 2.45) is 5.10 Å². The van der Waals surface area contributed by atoms with Crippen molar-refractivity contribution >= 4 is 23.7 Å². The second kappa shape index (κ2) is 8.29. The van der Waals surface area contributed by atoms with Crippen LogP contribution in [0, 0.1) is 0 Å². The molecule has 144 valence electrons. The fraction of sp³-hybridized carbons (Fsp3) is 0.267. The molecule has 0 saturated heterocycles. The highest BCUT2D eigenvalue weighted by Gasteiger charge is 2.44. The molecule has 0 bridgehead atoms. The lowest BCUT2D eigenvalue weighted by Gasteiger charge is -2.22. The first-order valence-corrected chi connectivity index (χ1v) is 7.51. The normalized spacial score (nSPS) is 11.4. The Morgan fingerprint density at radius 3 is 2.30 bits per heavy atom. The molecule has 0 aliphatic rings. The van der Waals surface area contributed by atoms with E-state index < -0.39 is 24.5 Å². The van der Waals surface area contributed by atoms with E-state index in [0.717, 1.165) is 18.3 Å². The van der Waals surface area contributed by atoms with Gasteiger partial charge in [-0.1, -0.05) is 12.1 Å². The van der Waals surface area contributed by atoms with Crippen molar-refractivity contribution in [3.05, 3.63) is 42.5 Å². The van der Waals surface area contributed by atoms with E-state index in [1.807, 2.05) is 31.1 Å². The lowest BCUT2D eigenvalue weighted by atomic mass is 10.2. The number of anilines is 1. The van der Waals surface area contributed by atoms with Gasteiger partial charge in [0.2, 0.25) is 0 Å². The van der Waals surface area contributed by atoms with Crippen LogP contribution in [-0.2, 0) is 9.59 Å². The molecular weight excluding hydrogens is 367 g/mol. The van der Waals surface area contributed by atoms with Crippen LogP contribution >= 0.6 is 0 Å². The number of hydrazone groups is 1. The first kappa shape index (κ1) is 19.9. The third kappa shape index (κ3) is 5.52. The van der Waals surface area contributed by atoms with Gasteiger partial charge < -0.3 is 4.90 Å². The lowest BCUT2D eigenvalue weighted by Crippen LogP contribution is -2.51. The van der Waals surface area contributed by atoms with Gasteiger partial charge in [-0.2, -0.15) is 18.3 Å². The summed E-state index contributed by atoms with van der Waals surface area (Å²) in [5.74, 6) is -3.16. The van der Waals surface area contributed by atoms with E-state index in [2.05, 4.69) is 20.7 Å². The van der Waals surface area contributed by atoms with Crippen molar-refractivity contribution in [1.29, 1.82) is 0 Å². The Hall–Kier alpha value is -3.44. The second-order valence-corrected chi connectivity index (χ2v) is 5.48. The van der Waals surface area contributed by atoms with Gasteiger partial charge >= 0.3 is 12.1 Å². The van der Waals surface area contributed by atoms with Gasteiger partial charge in [-0.05, 0) is 17.7 Å². The van der Waals surface area contributed by atoms with Crippen molar-refractivity contribution in [1.82, 2.24) is 20.3 Å². The molecule has 0 saturated carbocycles. The molecule has 0 aliphatic heterocycles. The van der Waals surface area contributed by atoms with E-state index in [9.17, 15) is 22.8 Å².